The van der Waals surface area contributed by atoms with E-state index in [1.165, 1.54) is 12.1 Å². The van der Waals surface area contributed by atoms with E-state index in [1.54, 1.807) is 24.3 Å². The number of non-ortho nitro benzene ring substituents is 1. The van der Waals surface area contributed by atoms with Crippen LogP contribution in [0.2, 0.25) is 5.02 Å². The molecule has 0 heterocycles. The number of nitrogens with zero attached hydrogens (tertiary/aromatic N) is 1. The lowest BCUT2D eigenvalue weighted by Gasteiger charge is -2.21. The van der Waals surface area contributed by atoms with Gasteiger partial charge in [0.15, 0.2) is 0 Å². The highest BCUT2D eigenvalue weighted by Crippen LogP contribution is 2.26. The van der Waals surface area contributed by atoms with Crippen molar-refractivity contribution in [2.24, 2.45) is 5.92 Å². The van der Waals surface area contributed by atoms with Gasteiger partial charge >= 0.3 is 0 Å². The van der Waals surface area contributed by atoms with Crippen LogP contribution in [0.3, 0.4) is 0 Å². The number of amides is 1. The fraction of sp³-hybridized carbons (Fsp3) is 0.316. The van der Waals surface area contributed by atoms with E-state index in [4.69, 9.17) is 11.6 Å². The first-order valence-electron chi connectivity index (χ1n) is 8.40. The summed E-state index contributed by atoms with van der Waals surface area (Å²) in [6, 6.07) is 13.5. The molecule has 1 atom stereocenters. The van der Waals surface area contributed by atoms with Gasteiger partial charge < -0.3 is 10.6 Å². The number of carbonyl (C=O) groups is 1. The van der Waals surface area contributed by atoms with Gasteiger partial charge in [-0.05, 0) is 35.7 Å². The summed E-state index contributed by atoms with van der Waals surface area (Å²) < 4.78 is 0. The molecule has 0 radical (unpaired) electrons. The van der Waals surface area contributed by atoms with Crippen molar-refractivity contribution in [2.75, 3.05) is 18.4 Å². The van der Waals surface area contributed by atoms with Crippen molar-refractivity contribution in [3.63, 3.8) is 0 Å². The molecule has 0 saturated heterocycles. The Labute approximate surface area is 157 Å². The van der Waals surface area contributed by atoms with Crippen LogP contribution in [-0.4, -0.2) is 23.9 Å². The molecule has 0 aliphatic carbocycles. The summed E-state index contributed by atoms with van der Waals surface area (Å²) in [4.78, 5) is 22.7. The van der Waals surface area contributed by atoms with Crippen LogP contribution in [0.15, 0.2) is 48.5 Å². The van der Waals surface area contributed by atoms with Crippen molar-refractivity contribution in [3.8, 4) is 0 Å². The molecule has 2 rings (SSSR count). The molecule has 2 N–H and O–H groups in total. The lowest BCUT2D eigenvalue weighted by molar-refractivity contribution is -0.384. The average Bonchev–Trinajstić information content (AvgIpc) is 2.60. The van der Waals surface area contributed by atoms with Gasteiger partial charge in [-0.3, -0.25) is 14.9 Å². The number of nitro groups is 1. The first-order valence-corrected chi connectivity index (χ1v) is 8.78. The second-order valence-electron chi connectivity index (χ2n) is 6.30. The Morgan fingerprint density at radius 2 is 1.69 bits per heavy atom. The summed E-state index contributed by atoms with van der Waals surface area (Å²) in [6.45, 7) is 4.99. The van der Waals surface area contributed by atoms with Crippen LogP contribution in [0.4, 0.5) is 11.4 Å². The SMILES string of the molecule is CC(C)[C@@H](C(=O)NCCNc1ccc([N+](=O)[O-])cc1)c1ccc(Cl)cc1. The number of nitrogens with one attached hydrogen (secondary N) is 2. The second-order valence-corrected chi connectivity index (χ2v) is 6.73. The number of nitro benzene ring substituents is 1. The summed E-state index contributed by atoms with van der Waals surface area (Å²) in [5.41, 5.74) is 1.75. The molecule has 2 aromatic carbocycles. The molecule has 7 heteroatoms. The number of halogens is 1. The van der Waals surface area contributed by atoms with E-state index in [2.05, 4.69) is 10.6 Å². The molecule has 0 aromatic heterocycles. The maximum atomic E-state index is 12.6. The highest BCUT2D eigenvalue weighted by Gasteiger charge is 2.23. The van der Waals surface area contributed by atoms with Crippen LogP contribution >= 0.6 is 11.6 Å². The van der Waals surface area contributed by atoms with Gasteiger partial charge in [-0.2, -0.15) is 0 Å². The number of carbonyl (C=O) groups excluding carboxylic acids is 1. The van der Waals surface area contributed by atoms with Gasteiger partial charge in [0.05, 0.1) is 10.8 Å². The molecule has 1 amide bonds. The number of benzene rings is 2. The van der Waals surface area contributed by atoms with Crippen LogP contribution in [0, 0.1) is 16.0 Å². The molecule has 0 fully saturated rings. The molecule has 0 bridgehead atoms. The highest BCUT2D eigenvalue weighted by molar-refractivity contribution is 6.30. The van der Waals surface area contributed by atoms with E-state index in [-0.39, 0.29) is 23.4 Å². The fourth-order valence-corrected chi connectivity index (χ4v) is 2.84. The van der Waals surface area contributed by atoms with Gasteiger partial charge in [0, 0.05) is 35.9 Å². The molecular formula is C19H22ClN3O3. The quantitative estimate of drug-likeness (QED) is 0.411. The zero-order valence-corrected chi connectivity index (χ0v) is 15.5. The molecule has 0 aliphatic heterocycles. The van der Waals surface area contributed by atoms with Crippen molar-refractivity contribution < 1.29 is 9.72 Å². The molecular weight excluding hydrogens is 354 g/mol. The van der Waals surface area contributed by atoms with Crippen molar-refractivity contribution in [1.29, 1.82) is 0 Å². The van der Waals surface area contributed by atoms with Crippen molar-refractivity contribution >= 4 is 28.9 Å². The van der Waals surface area contributed by atoms with Gasteiger partial charge in [0.25, 0.3) is 5.69 Å². The first kappa shape index (κ1) is 19.7. The lowest BCUT2D eigenvalue weighted by atomic mass is 9.87. The average molecular weight is 376 g/mol. The Bertz CT molecular complexity index is 746. The third-order valence-electron chi connectivity index (χ3n) is 4.01. The molecule has 0 aliphatic rings. The largest absolute Gasteiger partial charge is 0.383 e. The van der Waals surface area contributed by atoms with E-state index in [0.29, 0.717) is 18.1 Å². The Morgan fingerprint density at radius 1 is 1.08 bits per heavy atom. The first-order chi connectivity index (χ1) is 12.4. The maximum Gasteiger partial charge on any atom is 0.269 e. The summed E-state index contributed by atoms with van der Waals surface area (Å²) in [5, 5.41) is 17.3. The van der Waals surface area contributed by atoms with E-state index in [9.17, 15) is 14.9 Å². The fourth-order valence-electron chi connectivity index (χ4n) is 2.71. The molecule has 0 unspecified atom stereocenters. The normalized spacial score (nSPS) is 11.8. The third-order valence-corrected chi connectivity index (χ3v) is 4.26. The topological polar surface area (TPSA) is 84.3 Å². The Morgan fingerprint density at radius 3 is 2.23 bits per heavy atom. The van der Waals surface area contributed by atoms with E-state index >= 15 is 0 Å². The van der Waals surface area contributed by atoms with Crippen LogP contribution in [0.5, 0.6) is 0 Å². The van der Waals surface area contributed by atoms with Crippen molar-refractivity contribution in [3.05, 3.63) is 69.2 Å². The molecule has 138 valence electrons. The number of anilines is 1. The minimum absolute atomic E-state index is 0.0344. The molecule has 0 spiro atoms. The molecule has 0 saturated carbocycles. The summed E-state index contributed by atoms with van der Waals surface area (Å²) in [7, 11) is 0. The van der Waals surface area contributed by atoms with Crippen LogP contribution in [0.1, 0.15) is 25.3 Å². The minimum Gasteiger partial charge on any atom is -0.383 e. The number of hydrogen-bond donors (Lipinski definition) is 2. The smallest absolute Gasteiger partial charge is 0.269 e. The molecule has 6 nitrogen and oxygen atoms in total. The Kier molecular flexibility index (Phi) is 6.97. The zero-order valence-electron chi connectivity index (χ0n) is 14.7. The van der Waals surface area contributed by atoms with Gasteiger partial charge in [0.1, 0.15) is 0 Å². The van der Waals surface area contributed by atoms with Crippen molar-refractivity contribution in [2.45, 2.75) is 19.8 Å². The Hall–Kier alpha value is -2.60. The summed E-state index contributed by atoms with van der Waals surface area (Å²) in [5.74, 6) is -0.127. The minimum atomic E-state index is -0.438. The Balaban J connectivity index is 1.86. The van der Waals surface area contributed by atoms with Gasteiger partial charge in [-0.1, -0.05) is 37.6 Å². The van der Waals surface area contributed by atoms with Gasteiger partial charge in [-0.25, -0.2) is 0 Å². The monoisotopic (exact) mass is 375 g/mol. The number of hydrogen-bond acceptors (Lipinski definition) is 4. The van der Waals surface area contributed by atoms with Crippen molar-refractivity contribution in [1.82, 2.24) is 5.32 Å². The van der Waals surface area contributed by atoms with Gasteiger partial charge in [-0.15, -0.1) is 0 Å². The zero-order chi connectivity index (χ0) is 19.1. The van der Waals surface area contributed by atoms with E-state index in [1.807, 2.05) is 26.0 Å². The second kappa shape index (κ2) is 9.20. The predicted octanol–water partition coefficient (Wildman–Crippen LogP) is 4.22. The maximum absolute atomic E-state index is 12.6. The van der Waals surface area contributed by atoms with Crippen LogP contribution < -0.4 is 10.6 Å². The third kappa shape index (κ3) is 5.46. The van der Waals surface area contributed by atoms with Gasteiger partial charge in [0.2, 0.25) is 5.91 Å². The number of rotatable bonds is 8. The molecule has 2 aromatic rings. The highest BCUT2D eigenvalue weighted by atomic mass is 35.5. The molecule has 26 heavy (non-hydrogen) atoms. The van der Waals surface area contributed by atoms with Crippen LogP contribution in [0.25, 0.3) is 0 Å². The lowest BCUT2D eigenvalue weighted by Crippen LogP contribution is -2.35. The van der Waals surface area contributed by atoms with Crippen LogP contribution in [-0.2, 0) is 4.79 Å². The predicted molar refractivity (Wildman–Crippen MR) is 104 cm³/mol. The van der Waals surface area contributed by atoms with E-state index in [0.717, 1.165) is 11.3 Å². The summed E-state index contributed by atoms with van der Waals surface area (Å²) in [6.07, 6.45) is 0. The standard InChI is InChI=1S/C19H22ClN3O3/c1-13(2)18(14-3-5-15(20)6-4-14)19(24)22-12-11-21-16-7-9-17(10-8-16)23(25)26/h3-10,13,18,21H,11-12H2,1-2H3,(H,22,24)/t18-/m1/s1. The summed E-state index contributed by atoms with van der Waals surface area (Å²) >= 11 is 5.92. The van der Waals surface area contributed by atoms with E-state index < -0.39 is 4.92 Å².